The van der Waals surface area contributed by atoms with Gasteiger partial charge in [0.2, 0.25) is 0 Å². The van der Waals surface area contributed by atoms with Gasteiger partial charge in [-0.3, -0.25) is 20.4 Å². The summed E-state index contributed by atoms with van der Waals surface area (Å²) in [5.41, 5.74) is -4.02. The molecule has 68 heavy (non-hydrogen) atoms. The number of ether oxygens (including phenoxy) is 2. The zero-order valence-corrected chi connectivity index (χ0v) is 43.0. The van der Waals surface area contributed by atoms with Gasteiger partial charge < -0.3 is 39.9 Å². The van der Waals surface area contributed by atoms with Crippen LogP contribution < -0.4 is 31.5 Å². The molecule has 0 spiro atoms. The lowest BCUT2D eigenvalue weighted by molar-refractivity contribution is -0.351. The van der Waals surface area contributed by atoms with E-state index in [1.54, 1.807) is 48.5 Å². The number of hydrogen-bond acceptors (Lipinski definition) is 12. The van der Waals surface area contributed by atoms with Crippen LogP contribution in [0.4, 0.5) is 21.0 Å². The van der Waals surface area contributed by atoms with Crippen molar-refractivity contribution in [2.45, 2.75) is 206 Å². The summed E-state index contributed by atoms with van der Waals surface area (Å²) >= 11 is 0. The SMILES string of the molecule is CCCCN(CC(CC1(C(=O)[O-])CCCCC1(CC(CN(CCCC)C1CC(C)(C)NC(C)(C)C1)OC(=O)Nc1ccccc1)C(=O)[O-])OC(=O)Nc1ccccc1)C1CC(C)(C)NC(C)(C)C1. The molecular weight excluding hydrogens is 861 g/mol. The summed E-state index contributed by atoms with van der Waals surface area (Å²) in [5, 5.41) is 41.8. The molecule has 4 N–H and O–H groups in total. The minimum atomic E-state index is -2.07. The summed E-state index contributed by atoms with van der Waals surface area (Å²) in [5.74, 6) is -3.08. The minimum Gasteiger partial charge on any atom is -0.550 e. The van der Waals surface area contributed by atoms with Crippen LogP contribution >= 0.6 is 0 Å². The topological polar surface area (TPSA) is 187 Å². The number of hydrogen-bond donors (Lipinski definition) is 4. The normalized spacial score (nSPS) is 24.4. The van der Waals surface area contributed by atoms with Crippen LogP contribution in [-0.4, -0.2) is 107 Å². The maximum atomic E-state index is 14.3. The first-order chi connectivity index (χ1) is 31.9. The van der Waals surface area contributed by atoms with E-state index in [2.05, 4.69) is 100 Å². The summed E-state index contributed by atoms with van der Waals surface area (Å²) in [6, 6.07) is 17.8. The van der Waals surface area contributed by atoms with Crippen LogP contribution in [0.15, 0.2) is 60.7 Å². The van der Waals surface area contributed by atoms with E-state index in [1.165, 1.54) is 0 Å². The largest absolute Gasteiger partial charge is 0.550 e. The Morgan fingerprint density at radius 3 is 1.21 bits per heavy atom. The van der Waals surface area contributed by atoms with Crippen LogP contribution in [0.2, 0.25) is 0 Å². The van der Waals surface area contributed by atoms with Crippen LogP contribution in [0, 0.1) is 10.8 Å². The Morgan fingerprint density at radius 1 is 0.588 bits per heavy atom. The van der Waals surface area contributed by atoms with Gasteiger partial charge in [0, 0.05) is 81.5 Å². The maximum absolute atomic E-state index is 14.3. The van der Waals surface area contributed by atoms with E-state index in [0.717, 1.165) is 51.4 Å². The van der Waals surface area contributed by atoms with Gasteiger partial charge in [-0.2, -0.15) is 0 Å². The smallest absolute Gasteiger partial charge is 0.411 e. The number of carbonyl (C=O) groups is 4. The fourth-order valence-corrected chi connectivity index (χ4v) is 12.5. The number of carboxylic acids is 2. The van der Waals surface area contributed by atoms with E-state index in [4.69, 9.17) is 9.47 Å². The van der Waals surface area contributed by atoms with Crippen molar-refractivity contribution < 1.29 is 38.9 Å². The van der Waals surface area contributed by atoms with E-state index in [0.29, 0.717) is 37.3 Å². The van der Waals surface area contributed by atoms with Crippen molar-refractivity contribution in [1.82, 2.24) is 20.4 Å². The molecule has 2 aliphatic heterocycles. The van der Waals surface area contributed by atoms with Crippen LogP contribution in [0.3, 0.4) is 0 Å². The molecule has 2 heterocycles. The Labute approximate surface area is 407 Å². The molecule has 0 aromatic heterocycles. The molecule has 5 rings (SSSR count). The number of piperidine rings is 2. The number of nitrogens with one attached hydrogen (secondary N) is 4. The van der Waals surface area contributed by atoms with Gasteiger partial charge in [0.05, 0.1) is 0 Å². The number of amides is 2. The highest BCUT2D eigenvalue weighted by Gasteiger charge is 2.57. The molecule has 2 aromatic rings. The molecule has 2 saturated heterocycles. The molecule has 3 fully saturated rings. The number of nitrogens with zero attached hydrogens (tertiary/aromatic N) is 2. The van der Waals surface area contributed by atoms with Crippen molar-refractivity contribution in [1.29, 1.82) is 0 Å². The Balaban J connectivity index is 1.60. The number of anilines is 2. The number of carboxylic acid groups (broad SMARTS) is 2. The third-order valence-corrected chi connectivity index (χ3v) is 14.7. The summed E-state index contributed by atoms with van der Waals surface area (Å²) in [4.78, 5) is 61.2. The first-order valence-electron chi connectivity index (χ1n) is 25.5. The van der Waals surface area contributed by atoms with Crippen molar-refractivity contribution >= 4 is 35.5 Å². The minimum absolute atomic E-state index is 0.0483. The summed E-state index contributed by atoms with van der Waals surface area (Å²) < 4.78 is 12.7. The van der Waals surface area contributed by atoms with Gasteiger partial charge in [-0.25, -0.2) is 9.59 Å². The van der Waals surface area contributed by atoms with Gasteiger partial charge in [0.15, 0.2) is 0 Å². The van der Waals surface area contributed by atoms with Crippen molar-refractivity contribution in [3.8, 4) is 0 Å². The number of carbonyl (C=O) groups excluding carboxylic acids is 4. The number of benzene rings is 2. The molecule has 1 saturated carbocycles. The number of rotatable bonds is 22. The molecule has 1 aliphatic carbocycles. The molecule has 380 valence electrons. The quantitative estimate of drug-likeness (QED) is 0.0897. The van der Waals surface area contributed by atoms with Gasteiger partial charge in [-0.1, -0.05) is 75.9 Å². The third-order valence-electron chi connectivity index (χ3n) is 14.7. The van der Waals surface area contributed by atoms with Gasteiger partial charge in [0.25, 0.3) is 0 Å². The fraction of sp³-hybridized carbons (Fsp3) is 0.704. The molecule has 3 aliphatic rings. The Morgan fingerprint density at radius 2 is 0.912 bits per heavy atom. The molecule has 2 amide bonds. The molecule has 14 nitrogen and oxygen atoms in total. The standard InChI is InChI=1S/C54H86N6O8/c1-11-13-29-59(41-31-49(3,4)57-50(5,6)32-41)37-43(67-47(65)55-39-23-17-15-18-24-39)35-53(45(61)62)27-21-22-28-54(53,46(63)64)36-44(68-48(66)56-40-25-19-16-20-26-40)38-60(30-14-12-2)42-33-51(7,8)58-52(9,10)34-42/h15-20,23-26,41-44,57-58H,11-14,21-22,27-38H2,1-10H3,(H,55,65)(H,56,66)(H,61,62)(H,63,64)/p-2. The predicted octanol–water partition coefficient (Wildman–Crippen LogP) is 7.87. The van der Waals surface area contributed by atoms with Gasteiger partial charge in [-0.15, -0.1) is 0 Å². The summed E-state index contributed by atoms with van der Waals surface area (Å²) in [7, 11) is 0. The molecule has 2 aromatic carbocycles. The average Bonchev–Trinajstić information content (AvgIpc) is 3.22. The van der Waals surface area contributed by atoms with Crippen LogP contribution in [-0.2, 0) is 19.1 Å². The average molecular weight is 945 g/mol. The van der Waals surface area contributed by atoms with Crippen molar-refractivity contribution in [3.63, 3.8) is 0 Å². The third kappa shape index (κ3) is 14.9. The molecule has 0 bridgehead atoms. The zero-order chi connectivity index (χ0) is 50.0. The lowest BCUT2D eigenvalue weighted by Crippen LogP contribution is -2.66. The van der Waals surface area contributed by atoms with Gasteiger partial charge >= 0.3 is 12.2 Å². The molecule has 4 atom stereocenters. The highest BCUT2D eigenvalue weighted by Crippen LogP contribution is 2.56. The molecule has 14 heteroatoms. The lowest BCUT2D eigenvalue weighted by Gasteiger charge is -2.57. The Kier molecular flexibility index (Phi) is 18.6. The maximum Gasteiger partial charge on any atom is 0.411 e. The van der Waals surface area contributed by atoms with E-state index in [9.17, 15) is 29.4 Å². The second kappa shape index (κ2) is 23.1. The second-order valence-electron chi connectivity index (χ2n) is 23.0. The van der Waals surface area contributed by atoms with Gasteiger partial charge in [0.1, 0.15) is 12.2 Å². The Bertz CT molecular complexity index is 1790. The number of unbranched alkanes of at least 4 members (excludes halogenated alkanes) is 2. The van der Waals surface area contributed by atoms with Crippen LogP contribution in [0.25, 0.3) is 0 Å². The Hall–Kier alpha value is -4.24. The van der Waals surface area contributed by atoms with Crippen LogP contribution in [0.1, 0.15) is 159 Å². The fourth-order valence-electron chi connectivity index (χ4n) is 12.5. The van der Waals surface area contributed by atoms with Crippen molar-refractivity contribution in [3.05, 3.63) is 60.7 Å². The van der Waals surface area contributed by atoms with E-state index >= 15 is 0 Å². The number of aliphatic carboxylic acids is 2. The van der Waals surface area contributed by atoms with Crippen LogP contribution in [0.5, 0.6) is 0 Å². The second-order valence-corrected chi connectivity index (χ2v) is 23.0. The first-order valence-corrected chi connectivity index (χ1v) is 25.5. The van der Waals surface area contributed by atoms with E-state index in [-0.39, 0.29) is 73.0 Å². The molecule has 4 unspecified atom stereocenters. The number of para-hydroxylation sites is 2. The summed E-state index contributed by atoms with van der Waals surface area (Å²) in [6.45, 7) is 23.3. The highest BCUT2D eigenvalue weighted by atomic mass is 16.6. The highest BCUT2D eigenvalue weighted by molar-refractivity contribution is 5.87. The molecular formula is C54H84N6O8-2. The molecule has 0 radical (unpaired) electrons. The zero-order valence-electron chi connectivity index (χ0n) is 43.0. The van der Waals surface area contributed by atoms with Crippen molar-refractivity contribution in [2.24, 2.45) is 10.8 Å². The van der Waals surface area contributed by atoms with Gasteiger partial charge in [-0.05, 0) is 157 Å². The summed E-state index contributed by atoms with van der Waals surface area (Å²) in [6.07, 6.45) is 3.02. The van der Waals surface area contributed by atoms with E-state index < -0.39 is 47.2 Å². The first kappa shape index (κ1) is 54.7. The van der Waals surface area contributed by atoms with E-state index in [1.807, 2.05) is 12.1 Å². The lowest BCUT2D eigenvalue weighted by atomic mass is 9.52. The van der Waals surface area contributed by atoms with Crippen molar-refractivity contribution in [2.75, 3.05) is 36.8 Å². The predicted molar refractivity (Wildman–Crippen MR) is 265 cm³/mol. The monoisotopic (exact) mass is 945 g/mol.